The first-order chi connectivity index (χ1) is 15.5. The zero-order chi connectivity index (χ0) is 25.1. The number of hydrogen-bond donors (Lipinski definition) is 3. The maximum Gasteiger partial charge on any atom is 0.0865 e. The number of hydrogen-bond acceptors (Lipinski definition) is 4. The molecule has 0 radical (unpaired) electrons. The Hall–Kier alpha value is -0.160. The van der Waals surface area contributed by atoms with Gasteiger partial charge in [-0.25, -0.2) is 0 Å². The second kappa shape index (κ2) is 7.45. The van der Waals surface area contributed by atoms with Gasteiger partial charge in [-0.3, -0.25) is 0 Å². The molecule has 0 aromatic carbocycles. The van der Waals surface area contributed by atoms with Crippen LogP contribution in [0.25, 0.3) is 0 Å². The third-order valence-corrected chi connectivity index (χ3v) is 13.3. The van der Waals surface area contributed by atoms with Crippen LogP contribution in [-0.4, -0.2) is 44.8 Å². The van der Waals surface area contributed by atoms with E-state index in [0.717, 1.165) is 44.9 Å². The molecule has 34 heavy (non-hydrogen) atoms. The molecule has 0 bridgehead atoms. The highest BCUT2D eigenvalue weighted by atomic mass is 16.5. The van der Waals surface area contributed by atoms with E-state index in [-0.39, 0.29) is 51.5 Å². The summed E-state index contributed by atoms with van der Waals surface area (Å²) < 4.78 is 6.66. The lowest BCUT2D eigenvalue weighted by Crippen LogP contribution is -2.66. The molecule has 4 saturated carbocycles. The lowest BCUT2D eigenvalue weighted by atomic mass is 9.35. The largest absolute Gasteiger partial charge is 0.393 e. The van der Waals surface area contributed by atoms with E-state index < -0.39 is 5.60 Å². The molecule has 0 amide bonds. The molecule has 196 valence electrons. The van der Waals surface area contributed by atoms with Gasteiger partial charge in [-0.15, -0.1) is 0 Å². The molecule has 11 atom stereocenters. The quantitative estimate of drug-likeness (QED) is 0.477. The van der Waals surface area contributed by atoms with Crippen LogP contribution < -0.4 is 0 Å². The molecule has 1 aliphatic heterocycles. The van der Waals surface area contributed by atoms with Crippen LogP contribution in [-0.2, 0) is 4.74 Å². The summed E-state index contributed by atoms with van der Waals surface area (Å²) in [7, 11) is 0. The third-order valence-electron chi connectivity index (χ3n) is 13.3. The van der Waals surface area contributed by atoms with Gasteiger partial charge in [0.05, 0.1) is 29.5 Å². The Kier molecular flexibility index (Phi) is 5.59. The first kappa shape index (κ1) is 25.5. The van der Waals surface area contributed by atoms with E-state index in [1.807, 2.05) is 13.8 Å². The van der Waals surface area contributed by atoms with Crippen molar-refractivity contribution in [2.24, 2.45) is 45.3 Å². The molecule has 0 aromatic heterocycles. The van der Waals surface area contributed by atoms with Gasteiger partial charge in [0.1, 0.15) is 0 Å². The summed E-state index contributed by atoms with van der Waals surface area (Å²) in [5, 5.41) is 33.4. The standard InChI is InChI=1S/C30H52O4/c1-25(2)20-10-15-28(6)21(27(20,5)13-11-22(25)32)17-19(31)24-18(9-14-29(24,28)7)30(8)16-12-23(34-30)26(3,4)33/h18-24,31-33H,9-17H2,1-8H3/t18-,19+,20-,21+,22-,23-,24-,27-,28+,29+,30+/m0/s1. The summed E-state index contributed by atoms with van der Waals surface area (Å²) in [6.07, 6.45) is 8.72. The van der Waals surface area contributed by atoms with Crippen LogP contribution in [0.2, 0.25) is 0 Å². The minimum atomic E-state index is -0.826. The van der Waals surface area contributed by atoms with Crippen LogP contribution in [0.4, 0.5) is 0 Å². The number of ether oxygens (including phenoxy) is 1. The van der Waals surface area contributed by atoms with Gasteiger partial charge in [0, 0.05) is 0 Å². The van der Waals surface area contributed by atoms with Crippen LogP contribution in [0.1, 0.15) is 113 Å². The van der Waals surface area contributed by atoms with Crippen molar-refractivity contribution in [2.75, 3.05) is 0 Å². The van der Waals surface area contributed by atoms with Crippen molar-refractivity contribution in [3.63, 3.8) is 0 Å². The predicted molar refractivity (Wildman–Crippen MR) is 135 cm³/mol. The van der Waals surface area contributed by atoms with Crippen LogP contribution in [0.3, 0.4) is 0 Å². The molecule has 0 unspecified atom stereocenters. The predicted octanol–water partition coefficient (Wildman–Crippen LogP) is 5.71. The van der Waals surface area contributed by atoms with Crippen LogP contribution in [0, 0.1) is 45.3 Å². The van der Waals surface area contributed by atoms with E-state index in [4.69, 9.17) is 4.74 Å². The van der Waals surface area contributed by atoms with Crippen LogP contribution in [0.15, 0.2) is 0 Å². The Morgan fingerprint density at radius 3 is 2.03 bits per heavy atom. The van der Waals surface area contributed by atoms with Gasteiger partial charge in [0.15, 0.2) is 0 Å². The summed E-state index contributed by atoms with van der Waals surface area (Å²) in [5.41, 5.74) is -0.703. The number of aliphatic hydroxyl groups is 3. The monoisotopic (exact) mass is 476 g/mol. The summed E-state index contributed by atoms with van der Waals surface area (Å²) >= 11 is 0. The minimum Gasteiger partial charge on any atom is -0.393 e. The lowest BCUT2D eigenvalue weighted by Gasteiger charge is -2.70. The van der Waals surface area contributed by atoms with Gasteiger partial charge in [-0.05, 0) is 124 Å². The molecule has 1 saturated heterocycles. The Morgan fingerprint density at radius 2 is 1.41 bits per heavy atom. The molecular formula is C30H52O4. The van der Waals surface area contributed by atoms with E-state index in [1.165, 1.54) is 12.8 Å². The van der Waals surface area contributed by atoms with Gasteiger partial charge in [-0.1, -0.05) is 34.6 Å². The molecule has 5 fully saturated rings. The van der Waals surface area contributed by atoms with Gasteiger partial charge in [0.25, 0.3) is 0 Å². The van der Waals surface area contributed by atoms with Crippen molar-refractivity contribution in [3.8, 4) is 0 Å². The second-order valence-electron chi connectivity index (χ2n) is 15.4. The van der Waals surface area contributed by atoms with E-state index in [1.54, 1.807) is 0 Å². The summed E-state index contributed by atoms with van der Waals surface area (Å²) in [4.78, 5) is 0. The normalized spacial score (nSPS) is 57.1. The first-order valence-electron chi connectivity index (χ1n) is 14.3. The fourth-order valence-electron chi connectivity index (χ4n) is 11.1. The SMILES string of the molecule is CC(C)(O)[C@@H]1CC[C@](C)([C@H]2CC[C@]3(C)[C@@H]2[C@H](O)C[C@@H]2[C@@]4(C)CC[C@H](O)C(C)(C)[C@@H]4CC[C@]23C)O1. The molecule has 0 aromatic rings. The summed E-state index contributed by atoms with van der Waals surface area (Å²) in [6, 6.07) is 0. The van der Waals surface area contributed by atoms with Gasteiger partial charge in [-0.2, -0.15) is 0 Å². The van der Waals surface area contributed by atoms with Crippen molar-refractivity contribution in [3.05, 3.63) is 0 Å². The van der Waals surface area contributed by atoms with Crippen molar-refractivity contribution < 1.29 is 20.1 Å². The molecule has 4 nitrogen and oxygen atoms in total. The minimum absolute atomic E-state index is 0.0630. The Labute approximate surface area is 208 Å². The number of rotatable bonds is 2. The van der Waals surface area contributed by atoms with Crippen molar-refractivity contribution in [1.29, 1.82) is 0 Å². The van der Waals surface area contributed by atoms with Crippen molar-refractivity contribution in [1.82, 2.24) is 0 Å². The van der Waals surface area contributed by atoms with E-state index in [0.29, 0.717) is 17.8 Å². The molecule has 3 N–H and O–H groups in total. The molecule has 5 aliphatic rings. The Bertz CT molecular complexity index is 817. The Morgan fingerprint density at radius 1 is 0.765 bits per heavy atom. The van der Waals surface area contributed by atoms with Crippen molar-refractivity contribution >= 4 is 0 Å². The zero-order valence-electron chi connectivity index (χ0n) is 23.2. The molecule has 5 rings (SSSR count). The fraction of sp³-hybridized carbons (Fsp3) is 1.00. The Balaban J connectivity index is 1.48. The van der Waals surface area contributed by atoms with Gasteiger partial charge >= 0.3 is 0 Å². The molecule has 1 heterocycles. The fourth-order valence-corrected chi connectivity index (χ4v) is 11.1. The average Bonchev–Trinajstić information content (AvgIpc) is 3.30. The number of fused-ring (bicyclic) bond motifs is 5. The van der Waals surface area contributed by atoms with Crippen molar-refractivity contribution in [2.45, 2.75) is 143 Å². The van der Waals surface area contributed by atoms with Gasteiger partial charge < -0.3 is 20.1 Å². The van der Waals surface area contributed by atoms with Gasteiger partial charge in [0.2, 0.25) is 0 Å². The topological polar surface area (TPSA) is 69.9 Å². The maximum absolute atomic E-state index is 11.9. The van der Waals surface area contributed by atoms with Crippen LogP contribution >= 0.6 is 0 Å². The first-order valence-corrected chi connectivity index (χ1v) is 14.3. The van der Waals surface area contributed by atoms with Crippen LogP contribution in [0.5, 0.6) is 0 Å². The summed E-state index contributed by atoms with van der Waals surface area (Å²) in [5.74, 6) is 1.59. The second-order valence-corrected chi connectivity index (χ2v) is 15.4. The van der Waals surface area contributed by atoms with E-state index in [9.17, 15) is 15.3 Å². The van der Waals surface area contributed by atoms with E-state index in [2.05, 4.69) is 41.5 Å². The average molecular weight is 477 g/mol. The molecule has 4 aliphatic carbocycles. The highest BCUT2D eigenvalue weighted by Crippen LogP contribution is 2.76. The highest BCUT2D eigenvalue weighted by molar-refractivity contribution is 5.20. The third kappa shape index (κ3) is 3.16. The molecular weight excluding hydrogens is 424 g/mol. The molecule has 4 heteroatoms. The molecule has 0 spiro atoms. The zero-order valence-corrected chi connectivity index (χ0v) is 23.2. The smallest absolute Gasteiger partial charge is 0.0865 e. The highest BCUT2D eigenvalue weighted by Gasteiger charge is 2.71. The number of aliphatic hydroxyl groups excluding tert-OH is 2. The van der Waals surface area contributed by atoms with E-state index >= 15 is 0 Å². The summed E-state index contributed by atoms with van der Waals surface area (Å²) in [6.45, 7) is 18.1. The lowest BCUT2D eigenvalue weighted by molar-refractivity contribution is -0.248. The maximum atomic E-state index is 11.9.